The summed E-state index contributed by atoms with van der Waals surface area (Å²) >= 11 is 0. The molecule has 1 amide bonds. The molecule has 0 saturated carbocycles. The van der Waals surface area contributed by atoms with Gasteiger partial charge in [-0.25, -0.2) is 4.39 Å². The zero-order valence-corrected chi connectivity index (χ0v) is 20.9. The Hall–Kier alpha value is -4.05. The number of phenols is 1. The SMILES string of the molecule is NC(=O)CCNc1nc(OCC23CCCN2CCC3)nc2c(F)c(-c3cc(O)cc4ccccc34)ncc12. The third-order valence-corrected chi connectivity index (χ3v) is 7.71. The first-order valence-electron chi connectivity index (χ1n) is 12.9. The average molecular weight is 517 g/mol. The molecule has 38 heavy (non-hydrogen) atoms. The highest BCUT2D eigenvalue weighted by atomic mass is 19.1. The van der Waals surface area contributed by atoms with Gasteiger partial charge in [0.1, 0.15) is 29.4 Å². The maximum Gasteiger partial charge on any atom is 0.319 e. The van der Waals surface area contributed by atoms with E-state index in [1.807, 2.05) is 24.3 Å². The van der Waals surface area contributed by atoms with Gasteiger partial charge in [0.05, 0.1) is 10.9 Å². The Morgan fingerprint density at radius 1 is 1.16 bits per heavy atom. The van der Waals surface area contributed by atoms with E-state index in [1.54, 1.807) is 6.07 Å². The predicted octanol–water partition coefficient (Wildman–Crippen LogP) is 3.98. The van der Waals surface area contributed by atoms with Crippen molar-refractivity contribution in [3.05, 3.63) is 48.4 Å². The molecule has 2 aromatic heterocycles. The van der Waals surface area contributed by atoms with Crippen molar-refractivity contribution in [2.75, 3.05) is 31.6 Å². The summed E-state index contributed by atoms with van der Waals surface area (Å²) in [5, 5.41) is 15.2. The number of amides is 1. The molecule has 196 valence electrons. The van der Waals surface area contributed by atoms with E-state index in [2.05, 4.69) is 25.2 Å². The summed E-state index contributed by atoms with van der Waals surface area (Å²) in [5.41, 5.74) is 5.83. The van der Waals surface area contributed by atoms with Crippen LogP contribution in [0.2, 0.25) is 0 Å². The van der Waals surface area contributed by atoms with Crippen LogP contribution in [0.3, 0.4) is 0 Å². The average Bonchev–Trinajstić information content (AvgIpc) is 3.48. The Bertz CT molecular complexity index is 1530. The molecule has 6 rings (SSSR count). The largest absolute Gasteiger partial charge is 0.508 e. The number of phenolic OH excluding ortho intramolecular Hbond substituents is 1. The molecule has 4 N–H and O–H groups in total. The van der Waals surface area contributed by atoms with Gasteiger partial charge in [-0.1, -0.05) is 24.3 Å². The van der Waals surface area contributed by atoms with E-state index >= 15 is 4.39 Å². The van der Waals surface area contributed by atoms with Crippen molar-refractivity contribution in [2.24, 2.45) is 5.73 Å². The van der Waals surface area contributed by atoms with Crippen molar-refractivity contribution in [1.29, 1.82) is 0 Å². The molecule has 0 aliphatic carbocycles. The topological polar surface area (TPSA) is 126 Å². The number of nitrogens with one attached hydrogen (secondary N) is 1. The van der Waals surface area contributed by atoms with Crippen LogP contribution in [0.1, 0.15) is 32.1 Å². The van der Waals surface area contributed by atoms with Crippen molar-refractivity contribution in [2.45, 2.75) is 37.6 Å². The molecule has 2 saturated heterocycles. The second-order valence-corrected chi connectivity index (χ2v) is 10.1. The number of hydrogen-bond acceptors (Lipinski definition) is 8. The van der Waals surface area contributed by atoms with Crippen molar-refractivity contribution >= 4 is 33.4 Å². The number of pyridine rings is 1. The second-order valence-electron chi connectivity index (χ2n) is 10.1. The molecule has 0 bridgehead atoms. The minimum absolute atomic E-state index is 0.0115. The Kier molecular flexibility index (Phi) is 6.19. The highest BCUT2D eigenvalue weighted by Gasteiger charge is 2.45. The number of ether oxygens (including phenoxy) is 1. The zero-order valence-electron chi connectivity index (χ0n) is 20.9. The van der Waals surface area contributed by atoms with Crippen LogP contribution in [-0.4, -0.2) is 62.6 Å². The quantitative estimate of drug-likeness (QED) is 0.321. The fourth-order valence-corrected chi connectivity index (χ4v) is 5.88. The molecule has 10 heteroatoms. The molecular weight excluding hydrogens is 487 g/mol. The molecule has 0 spiro atoms. The van der Waals surface area contributed by atoms with Crippen LogP contribution in [0.4, 0.5) is 10.2 Å². The van der Waals surface area contributed by atoms with Gasteiger partial charge < -0.3 is 20.9 Å². The number of hydrogen-bond donors (Lipinski definition) is 3. The summed E-state index contributed by atoms with van der Waals surface area (Å²) in [6, 6.07) is 10.6. The summed E-state index contributed by atoms with van der Waals surface area (Å²) in [6.45, 7) is 2.77. The molecule has 2 aliphatic rings. The monoisotopic (exact) mass is 516 g/mol. The molecule has 4 heterocycles. The number of primary amides is 1. The number of carbonyl (C=O) groups excluding carboxylic acids is 1. The van der Waals surface area contributed by atoms with E-state index in [0.717, 1.165) is 49.5 Å². The molecule has 0 radical (unpaired) electrons. The number of aromatic hydroxyl groups is 1. The lowest BCUT2D eigenvalue weighted by Crippen LogP contribution is -2.43. The third kappa shape index (κ3) is 4.34. The smallest absolute Gasteiger partial charge is 0.319 e. The number of fused-ring (bicyclic) bond motifs is 3. The van der Waals surface area contributed by atoms with E-state index in [0.29, 0.717) is 23.4 Å². The second kappa shape index (κ2) is 9.68. The first kappa shape index (κ1) is 24.3. The van der Waals surface area contributed by atoms with Crippen molar-refractivity contribution in [3.8, 4) is 23.0 Å². The first-order chi connectivity index (χ1) is 18.4. The third-order valence-electron chi connectivity index (χ3n) is 7.71. The van der Waals surface area contributed by atoms with Gasteiger partial charge >= 0.3 is 6.01 Å². The molecule has 9 nitrogen and oxygen atoms in total. The van der Waals surface area contributed by atoms with Gasteiger partial charge in [-0.15, -0.1) is 0 Å². The maximum absolute atomic E-state index is 16.2. The lowest BCUT2D eigenvalue weighted by molar-refractivity contribution is -0.117. The van der Waals surface area contributed by atoms with Crippen LogP contribution in [0.15, 0.2) is 42.6 Å². The first-order valence-corrected chi connectivity index (χ1v) is 12.9. The highest BCUT2D eigenvalue weighted by Crippen LogP contribution is 2.40. The van der Waals surface area contributed by atoms with Gasteiger partial charge in [0.2, 0.25) is 5.91 Å². The van der Waals surface area contributed by atoms with Crippen LogP contribution in [0.5, 0.6) is 11.8 Å². The standard InChI is InChI=1S/C28H29FN6O3/c29-23-24(20-14-18(36)13-17-5-1-2-6-19(17)20)32-15-21-25(23)33-27(34-26(21)31-10-7-22(30)37)38-16-28-8-3-11-35(28)12-4-9-28/h1-2,5-6,13-15,36H,3-4,7-12,16H2,(H2,30,37)(H,31,33,34). The zero-order chi connectivity index (χ0) is 26.3. The van der Waals surface area contributed by atoms with Crippen LogP contribution in [0, 0.1) is 5.82 Å². The van der Waals surface area contributed by atoms with E-state index in [1.165, 1.54) is 12.3 Å². The van der Waals surface area contributed by atoms with Crippen molar-refractivity contribution in [1.82, 2.24) is 19.9 Å². The highest BCUT2D eigenvalue weighted by molar-refractivity contribution is 5.99. The van der Waals surface area contributed by atoms with Gasteiger partial charge in [-0.2, -0.15) is 9.97 Å². The van der Waals surface area contributed by atoms with Gasteiger partial charge in [-0.3, -0.25) is 14.7 Å². The van der Waals surface area contributed by atoms with E-state index in [-0.39, 0.29) is 41.5 Å². The number of rotatable bonds is 8. The minimum atomic E-state index is -0.648. The summed E-state index contributed by atoms with van der Waals surface area (Å²) in [5.74, 6) is -0.782. The number of nitrogens with two attached hydrogens (primary N) is 1. The van der Waals surface area contributed by atoms with Crippen LogP contribution in [0.25, 0.3) is 32.9 Å². The van der Waals surface area contributed by atoms with Gasteiger partial charge in [0.25, 0.3) is 0 Å². The van der Waals surface area contributed by atoms with Crippen LogP contribution >= 0.6 is 0 Å². The number of benzene rings is 2. The van der Waals surface area contributed by atoms with E-state index in [9.17, 15) is 9.90 Å². The van der Waals surface area contributed by atoms with Gasteiger partial charge in [-0.05, 0) is 61.7 Å². The summed E-state index contributed by atoms with van der Waals surface area (Å²) in [4.78, 5) is 27.2. The van der Waals surface area contributed by atoms with E-state index < -0.39 is 11.7 Å². The number of carbonyl (C=O) groups is 1. The predicted molar refractivity (Wildman–Crippen MR) is 142 cm³/mol. The Labute approximate surface area is 218 Å². The maximum atomic E-state index is 16.2. The van der Waals surface area contributed by atoms with Gasteiger partial charge in [0, 0.05) is 24.7 Å². The molecule has 2 fully saturated rings. The van der Waals surface area contributed by atoms with Gasteiger partial charge in [0.15, 0.2) is 5.82 Å². The molecule has 2 aromatic carbocycles. The normalized spacial score (nSPS) is 16.7. The van der Waals surface area contributed by atoms with E-state index in [4.69, 9.17) is 10.5 Å². The summed E-state index contributed by atoms with van der Waals surface area (Å²) < 4.78 is 22.3. The molecule has 2 aliphatic heterocycles. The number of anilines is 1. The van der Waals surface area contributed by atoms with Crippen molar-refractivity contribution in [3.63, 3.8) is 0 Å². The Morgan fingerprint density at radius 2 is 1.95 bits per heavy atom. The van der Waals surface area contributed by atoms with Crippen molar-refractivity contribution < 1.29 is 19.0 Å². The number of halogens is 1. The minimum Gasteiger partial charge on any atom is -0.508 e. The Balaban J connectivity index is 1.43. The molecule has 4 aromatic rings. The molecule has 0 unspecified atom stereocenters. The summed E-state index contributed by atoms with van der Waals surface area (Å²) in [6.07, 6.45) is 5.95. The van der Waals surface area contributed by atoms with Crippen LogP contribution in [-0.2, 0) is 4.79 Å². The fraction of sp³-hybridized carbons (Fsp3) is 0.357. The lowest BCUT2D eigenvalue weighted by Gasteiger charge is -2.31. The molecule has 0 atom stereocenters. The Morgan fingerprint density at radius 3 is 2.74 bits per heavy atom. The molecular formula is C28H29FN6O3. The number of nitrogens with zero attached hydrogens (tertiary/aromatic N) is 4. The summed E-state index contributed by atoms with van der Waals surface area (Å²) in [7, 11) is 0. The lowest BCUT2D eigenvalue weighted by atomic mass is 9.95. The number of aromatic nitrogens is 3. The fourth-order valence-electron chi connectivity index (χ4n) is 5.88. The van der Waals surface area contributed by atoms with Crippen LogP contribution < -0.4 is 15.8 Å².